The second kappa shape index (κ2) is 8.00. The molecule has 1 saturated carbocycles. The van der Waals surface area contributed by atoms with Crippen LogP contribution in [0.2, 0.25) is 0 Å². The average Bonchev–Trinajstić information content (AvgIpc) is 2.48. The van der Waals surface area contributed by atoms with Crippen molar-refractivity contribution in [3.8, 4) is 0 Å². The van der Waals surface area contributed by atoms with E-state index in [9.17, 15) is 13.0 Å². The van der Waals surface area contributed by atoms with Crippen LogP contribution in [0.1, 0.15) is 32.1 Å². The van der Waals surface area contributed by atoms with Crippen LogP contribution in [0.5, 0.6) is 0 Å². The van der Waals surface area contributed by atoms with Crippen molar-refractivity contribution in [2.45, 2.75) is 38.1 Å². The highest BCUT2D eigenvalue weighted by Crippen LogP contribution is 2.20. The maximum Gasteiger partial charge on any atom is 0.322 e. The Bertz CT molecular complexity index is 488. The van der Waals surface area contributed by atoms with Crippen molar-refractivity contribution >= 4 is 16.3 Å². The van der Waals surface area contributed by atoms with E-state index >= 15 is 0 Å². The van der Waals surface area contributed by atoms with Gasteiger partial charge < -0.3 is 9.29 Å². The van der Waals surface area contributed by atoms with Crippen LogP contribution in [0, 0.1) is 0 Å². The van der Waals surface area contributed by atoms with E-state index in [1.54, 1.807) is 0 Å². The summed E-state index contributed by atoms with van der Waals surface area (Å²) in [5.41, 5.74) is 0. The van der Waals surface area contributed by atoms with E-state index in [0.717, 1.165) is 56.1 Å². The van der Waals surface area contributed by atoms with Gasteiger partial charge in [0.15, 0.2) is 6.54 Å². The van der Waals surface area contributed by atoms with Crippen molar-refractivity contribution in [3.05, 3.63) is 0 Å². The number of morpholine rings is 1. The van der Waals surface area contributed by atoms with E-state index in [-0.39, 0.29) is 6.04 Å². The van der Waals surface area contributed by atoms with Crippen LogP contribution in [0.25, 0.3) is 0 Å². The molecule has 21 heavy (non-hydrogen) atoms. The minimum Gasteiger partial charge on any atom is -0.712 e. The predicted molar refractivity (Wildman–Crippen MR) is 76.4 cm³/mol. The van der Waals surface area contributed by atoms with E-state index in [1.807, 2.05) is 0 Å². The molecule has 1 aliphatic carbocycles. The lowest BCUT2D eigenvalue weighted by Crippen LogP contribution is -2.37. The molecule has 0 aromatic heterocycles. The van der Waals surface area contributed by atoms with Gasteiger partial charge in [-0.25, -0.2) is 0 Å². The van der Waals surface area contributed by atoms with Gasteiger partial charge in [-0.3, -0.25) is 4.90 Å². The number of ether oxygens (including phenoxy) is 1. The van der Waals surface area contributed by atoms with Gasteiger partial charge >= 0.3 is 6.01 Å². The Kier molecular flexibility index (Phi) is 6.32. The molecule has 0 N–H and O–H groups in total. The van der Waals surface area contributed by atoms with Gasteiger partial charge in [-0.1, -0.05) is 6.42 Å². The summed E-state index contributed by atoms with van der Waals surface area (Å²) in [6.45, 7) is 4.34. The number of nitrogens with zero attached hydrogens (tertiary/aromatic N) is 3. The second-order valence-corrected chi connectivity index (χ2v) is 6.73. The highest BCUT2D eigenvalue weighted by atomic mass is 32.2. The third kappa shape index (κ3) is 5.48. The van der Waals surface area contributed by atoms with Crippen molar-refractivity contribution in [1.29, 1.82) is 0 Å². The quantitative estimate of drug-likeness (QED) is 0.413. The molecule has 0 amide bonds. The summed E-state index contributed by atoms with van der Waals surface area (Å²) < 4.78 is 40.1. The van der Waals surface area contributed by atoms with E-state index < -0.39 is 10.3 Å². The third-order valence-electron chi connectivity index (χ3n) is 3.95. The zero-order valence-corrected chi connectivity index (χ0v) is 13.1. The van der Waals surface area contributed by atoms with Crippen molar-refractivity contribution in [1.82, 2.24) is 4.90 Å². The van der Waals surface area contributed by atoms with Crippen molar-refractivity contribution in [2.75, 3.05) is 39.4 Å². The van der Waals surface area contributed by atoms with E-state index in [1.165, 1.54) is 0 Å². The molecule has 0 atom stereocenters. The normalized spacial score (nSPS) is 21.8. The Hall–Kier alpha value is -0.790. The maximum atomic E-state index is 11.3. The smallest absolute Gasteiger partial charge is 0.322 e. The molecule has 2 rings (SSSR count). The molecule has 0 radical (unpaired) electrons. The zero-order valence-electron chi connectivity index (χ0n) is 12.2. The van der Waals surface area contributed by atoms with Crippen molar-refractivity contribution < 1.29 is 21.7 Å². The highest BCUT2D eigenvalue weighted by Gasteiger charge is 2.25. The van der Waals surface area contributed by atoms with Gasteiger partial charge in [0, 0.05) is 19.6 Å². The Morgan fingerprint density at radius 3 is 2.52 bits per heavy atom. The van der Waals surface area contributed by atoms with Gasteiger partial charge in [-0.05, 0) is 30.7 Å². The fourth-order valence-corrected chi connectivity index (χ4v) is 3.50. The van der Waals surface area contributed by atoms with Crippen LogP contribution < -0.4 is 0 Å². The minimum atomic E-state index is -4.52. The van der Waals surface area contributed by atoms with Crippen LogP contribution >= 0.6 is 0 Å². The van der Waals surface area contributed by atoms with Gasteiger partial charge in [0.25, 0.3) is 10.3 Å². The molecule has 0 bridgehead atoms. The molecule has 1 saturated heterocycles. The SMILES string of the molecule is O=S(=O)([O-])[N+](=C=NCCN1CCOCC1)C1CCCCC1. The molecule has 1 aliphatic heterocycles. The summed E-state index contributed by atoms with van der Waals surface area (Å²) >= 11 is 0. The lowest BCUT2D eigenvalue weighted by molar-refractivity contribution is -0.423. The molecule has 0 unspecified atom stereocenters. The predicted octanol–water partition coefficient (Wildman–Crippen LogP) is 0.298. The zero-order chi connectivity index (χ0) is 15.1. The molecule has 8 heteroatoms. The minimum absolute atomic E-state index is 0.270. The largest absolute Gasteiger partial charge is 0.712 e. The van der Waals surface area contributed by atoms with Crippen LogP contribution in [0.15, 0.2) is 4.99 Å². The Balaban J connectivity index is 1.96. The van der Waals surface area contributed by atoms with Crippen molar-refractivity contribution in [2.24, 2.45) is 4.99 Å². The topological polar surface area (TPSA) is 85.0 Å². The summed E-state index contributed by atoms with van der Waals surface area (Å²) in [5, 5.41) is 0. The van der Waals surface area contributed by atoms with Gasteiger partial charge in [0.1, 0.15) is 6.04 Å². The maximum absolute atomic E-state index is 11.3. The summed E-state index contributed by atoms with van der Waals surface area (Å²) in [4.78, 5) is 6.22. The molecule has 7 nitrogen and oxygen atoms in total. The molecule has 2 aliphatic rings. The molecule has 0 spiro atoms. The lowest BCUT2D eigenvalue weighted by atomic mass is 9.96. The fraction of sp³-hybridized carbons (Fsp3) is 0.923. The number of aliphatic imine (C=N–C) groups is 1. The standard InChI is InChI=1S/C13H23N3O4S/c17-21(18,19)16(13-4-2-1-3-5-13)12-14-6-7-15-8-10-20-11-9-15/h13H,1-11H2. The lowest BCUT2D eigenvalue weighted by Gasteiger charge is -2.24. The van der Waals surface area contributed by atoms with Gasteiger partial charge in [0.2, 0.25) is 0 Å². The molecule has 120 valence electrons. The van der Waals surface area contributed by atoms with Gasteiger partial charge in [-0.2, -0.15) is 8.42 Å². The first-order valence-electron chi connectivity index (χ1n) is 7.55. The molecule has 0 aromatic rings. The van der Waals surface area contributed by atoms with Crippen LogP contribution in [0.3, 0.4) is 0 Å². The monoisotopic (exact) mass is 317 g/mol. The van der Waals surface area contributed by atoms with E-state index in [2.05, 4.69) is 15.9 Å². The van der Waals surface area contributed by atoms with Gasteiger partial charge in [0.05, 0.1) is 13.2 Å². The first kappa shape index (κ1) is 16.6. The Labute approximate surface area is 126 Å². The second-order valence-electron chi connectivity index (χ2n) is 5.48. The molecule has 1 heterocycles. The van der Waals surface area contributed by atoms with E-state index in [0.29, 0.717) is 19.4 Å². The molecular weight excluding hydrogens is 294 g/mol. The van der Waals surface area contributed by atoms with E-state index in [4.69, 9.17) is 4.74 Å². The summed E-state index contributed by atoms with van der Waals surface area (Å²) in [5.74, 6) is 0. The Morgan fingerprint density at radius 2 is 1.90 bits per heavy atom. The van der Waals surface area contributed by atoms with Crippen LogP contribution in [-0.2, 0) is 15.0 Å². The Morgan fingerprint density at radius 1 is 1.24 bits per heavy atom. The first-order valence-corrected chi connectivity index (χ1v) is 8.91. The molecule has 2 fully saturated rings. The summed E-state index contributed by atoms with van der Waals surface area (Å²) in [6, 6.07) is 2.20. The van der Waals surface area contributed by atoms with Crippen LogP contribution in [0.4, 0.5) is 0 Å². The first-order chi connectivity index (χ1) is 10.1. The van der Waals surface area contributed by atoms with Gasteiger partial charge in [-0.15, -0.1) is 3.98 Å². The summed E-state index contributed by atoms with van der Waals surface area (Å²) in [6.07, 6.45) is 4.43. The van der Waals surface area contributed by atoms with Crippen LogP contribution in [-0.4, -0.2) is 73.3 Å². The summed E-state index contributed by atoms with van der Waals surface area (Å²) in [7, 11) is -4.52. The number of hydrogen-bond donors (Lipinski definition) is 0. The number of rotatable bonds is 5. The fourth-order valence-electron chi connectivity index (χ4n) is 2.77. The molecule has 0 aromatic carbocycles. The highest BCUT2D eigenvalue weighted by molar-refractivity contribution is 7.79. The number of hydrogen-bond acceptors (Lipinski definition) is 6. The van der Waals surface area contributed by atoms with Crippen molar-refractivity contribution in [3.63, 3.8) is 0 Å². The molecular formula is C13H23N3O4S. The average molecular weight is 317 g/mol. The third-order valence-corrected chi connectivity index (χ3v) is 4.81.